The summed E-state index contributed by atoms with van der Waals surface area (Å²) in [6.07, 6.45) is 1.65. The van der Waals surface area contributed by atoms with E-state index in [-0.39, 0.29) is 5.91 Å². The van der Waals surface area contributed by atoms with E-state index < -0.39 is 0 Å². The predicted octanol–water partition coefficient (Wildman–Crippen LogP) is 2.66. The molecule has 4 nitrogen and oxygen atoms in total. The minimum atomic E-state index is -0.0237. The fourth-order valence-electron chi connectivity index (χ4n) is 3.02. The van der Waals surface area contributed by atoms with E-state index in [1.807, 2.05) is 29.2 Å². The fraction of sp³-hybridized carbons (Fsp3) is 0.294. The number of nitrogens with zero attached hydrogens (tertiary/aromatic N) is 2. The van der Waals surface area contributed by atoms with E-state index in [1.54, 1.807) is 12.3 Å². The van der Waals surface area contributed by atoms with Crippen molar-refractivity contribution in [2.24, 2.45) is 11.7 Å². The minimum Gasteiger partial charge on any atom is -0.336 e. The van der Waals surface area contributed by atoms with Gasteiger partial charge in [-0.1, -0.05) is 30.3 Å². The van der Waals surface area contributed by atoms with Gasteiger partial charge in [0.2, 0.25) is 0 Å². The quantitative estimate of drug-likeness (QED) is 0.916. The third-order valence-corrected chi connectivity index (χ3v) is 4.67. The summed E-state index contributed by atoms with van der Waals surface area (Å²) in [5, 5.41) is 0. The van der Waals surface area contributed by atoms with Gasteiger partial charge in [-0.25, -0.2) is 4.98 Å². The van der Waals surface area contributed by atoms with Crippen molar-refractivity contribution in [3.8, 4) is 0 Å². The van der Waals surface area contributed by atoms with Crippen molar-refractivity contribution in [1.29, 1.82) is 0 Å². The number of hydrogen-bond acceptors (Lipinski definition) is 3. The second kappa shape index (κ2) is 6.58. The second-order valence-electron chi connectivity index (χ2n) is 5.58. The van der Waals surface area contributed by atoms with Crippen molar-refractivity contribution < 1.29 is 4.79 Å². The molecule has 0 unspecified atom stereocenters. The number of hydrogen-bond donors (Lipinski definition) is 1. The zero-order valence-corrected chi connectivity index (χ0v) is 13.7. The largest absolute Gasteiger partial charge is 0.336 e. The molecule has 2 heterocycles. The highest BCUT2D eigenvalue weighted by Gasteiger charge is 2.35. The van der Waals surface area contributed by atoms with Crippen molar-refractivity contribution in [2.45, 2.75) is 5.92 Å². The molecule has 1 aliphatic rings. The molecule has 0 bridgehead atoms. The summed E-state index contributed by atoms with van der Waals surface area (Å²) in [7, 11) is 0. The highest BCUT2D eigenvalue weighted by molar-refractivity contribution is 9.10. The van der Waals surface area contributed by atoms with Crippen LogP contribution in [0.2, 0.25) is 0 Å². The molecule has 1 aromatic heterocycles. The first-order valence-electron chi connectivity index (χ1n) is 7.35. The molecule has 0 spiro atoms. The number of benzene rings is 1. The number of halogens is 1. The van der Waals surface area contributed by atoms with E-state index in [4.69, 9.17) is 5.73 Å². The lowest BCUT2D eigenvalue weighted by molar-refractivity contribution is 0.0780. The number of nitrogens with two attached hydrogens (primary N) is 1. The molecular weight excluding hydrogens is 342 g/mol. The van der Waals surface area contributed by atoms with Gasteiger partial charge in [0.25, 0.3) is 5.91 Å². The molecule has 2 atom stereocenters. The molecule has 114 valence electrons. The molecule has 0 radical (unpaired) electrons. The Balaban J connectivity index is 1.79. The van der Waals surface area contributed by atoms with Crippen molar-refractivity contribution >= 4 is 21.8 Å². The molecule has 22 heavy (non-hydrogen) atoms. The Bertz CT molecular complexity index is 645. The Labute approximate surface area is 138 Å². The van der Waals surface area contributed by atoms with Crippen LogP contribution in [-0.2, 0) is 0 Å². The Morgan fingerprint density at radius 2 is 2.00 bits per heavy atom. The molecule has 2 aromatic rings. The van der Waals surface area contributed by atoms with E-state index in [0.717, 1.165) is 4.47 Å². The fourth-order valence-corrected chi connectivity index (χ4v) is 3.25. The van der Waals surface area contributed by atoms with Crippen molar-refractivity contribution in [2.75, 3.05) is 19.6 Å². The van der Waals surface area contributed by atoms with E-state index in [9.17, 15) is 4.79 Å². The van der Waals surface area contributed by atoms with Crippen LogP contribution in [0.3, 0.4) is 0 Å². The monoisotopic (exact) mass is 359 g/mol. The van der Waals surface area contributed by atoms with Gasteiger partial charge in [-0.15, -0.1) is 0 Å². The summed E-state index contributed by atoms with van der Waals surface area (Å²) in [5.74, 6) is 0.566. The Kier molecular flexibility index (Phi) is 4.55. The molecular formula is C17H18BrN3O. The smallest absolute Gasteiger partial charge is 0.272 e. The Morgan fingerprint density at radius 1 is 1.23 bits per heavy atom. The number of carbonyl (C=O) groups is 1. The maximum absolute atomic E-state index is 12.6. The normalized spacial score (nSPS) is 21.1. The molecule has 0 aliphatic carbocycles. The van der Waals surface area contributed by atoms with Crippen LogP contribution in [0.1, 0.15) is 22.0 Å². The Hall–Kier alpha value is -1.72. The van der Waals surface area contributed by atoms with Gasteiger partial charge in [-0.05, 0) is 46.1 Å². The summed E-state index contributed by atoms with van der Waals surface area (Å²) >= 11 is 3.34. The molecule has 1 amide bonds. The number of amides is 1. The van der Waals surface area contributed by atoms with Gasteiger partial charge in [-0.2, -0.15) is 0 Å². The van der Waals surface area contributed by atoms with Crippen LogP contribution >= 0.6 is 15.9 Å². The van der Waals surface area contributed by atoms with Crippen LogP contribution in [0.5, 0.6) is 0 Å². The molecule has 1 aliphatic heterocycles. The second-order valence-corrected chi connectivity index (χ2v) is 6.50. The zero-order valence-electron chi connectivity index (χ0n) is 12.2. The third-order valence-electron chi connectivity index (χ3n) is 4.21. The first kappa shape index (κ1) is 15.2. The third kappa shape index (κ3) is 3.05. The molecule has 1 saturated heterocycles. The summed E-state index contributed by atoms with van der Waals surface area (Å²) in [4.78, 5) is 18.7. The highest BCUT2D eigenvalue weighted by atomic mass is 79.9. The van der Waals surface area contributed by atoms with E-state index >= 15 is 0 Å². The number of rotatable bonds is 3. The molecule has 5 heteroatoms. The minimum absolute atomic E-state index is 0.0237. The topological polar surface area (TPSA) is 59.2 Å². The summed E-state index contributed by atoms with van der Waals surface area (Å²) in [6, 6.07) is 13.9. The first-order valence-corrected chi connectivity index (χ1v) is 8.14. The number of likely N-dealkylation sites (tertiary alicyclic amines) is 1. The number of pyridine rings is 1. The average molecular weight is 360 g/mol. The molecule has 2 N–H and O–H groups in total. The van der Waals surface area contributed by atoms with Gasteiger partial charge in [0.15, 0.2) is 0 Å². The average Bonchev–Trinajstić information content (AvgIpc) is 3.00. The lowest BCUT2D eigenvalue weighted by Gasteiger charge is -2.16. The predicted molar refractivity (Wildman–Crippen MR) is 89.6 cm³/mol. The van der Waals surface area contributed by atoms with Crippen LogP contribution in [-0.4, -0.2) is 35.4 Å². The standard InChI is InChI=1S/C17H18BrN3O/c18-14-6-7-16(20-9-14)17(22)21-10-13(8-19)15(11-21)12-4-2-1-3-5-12/h1-7,9,13,15H,8,10-11,19H2/t13-,15+/m1/s1. The van der Waals surface area contributed by atoms with Gasteiger partial charge >= 0.3 is 0 Å². The van der Waals surface area contributed by atoms with Gasteiger partial charge in [0.1, 0.15) is 5.69 Å². The van der Waals surface area contributed by atoms with E-state index in [1.165, 1.54) is 5.56 Å². The zero-order chi connectivity index (χ0) is 15.5. The molecule has 1 fully saturated rings. The molecule has 3 rings (SSSR count). The van der Waals surface area contributed by atoms with Crippen LogP contribution < -0.4 is 5.73 Å². The van der Waals surface area contributed by atoms with Crippen molar-refractivity contribution in [1.82, 2.24) is 9.88 Å². The van der Waals surface area contributed by atoms with Gasteiger partial charge < -0.3 is 10.6 Å². The summed E-state index contributed by atoms with van der Waals surface area (Å²) < 4.78 is 0.868. The van der Waals surface area contributed by atoms with Crippen LogP contribution in [0.25, 0.3) is 0 Å². The van der Waals surface area contributed by atoms with E-state index in [0.29, 0.717) is 37.2 Å². The van der Waals surface area contributed by atoms with Crippen LogP contribution in [0.4, 0.5) is 0 Å². The Morgan fingerprint density at radius 3 is 2.64 bits per heavy atom. The SMILES string of the molecule is NC[C@@H]1CN(C(=O)c2ccc(Br)cn2)C[C@H]1c1ccccc1. The molecule has 0 saturated carbocycles. The number of aromatic nitrogens is 1. The lowest BCUT2D eigenvalue weighted by Crippen LogP contribution is -2.30. The summed E-state index contributed by atoms with van der Waals surface area (Å²) in [6.45, 7) is 1.96. The first-order chi connectivity index (χ1) is 10.7. The van der Waals surface area contributed by atoms with Gasteiger partial charge in [-0.3, -0.25) is 4.79 Å². The van der Waals surface area contributed by atoms with Crippen LogP contribution in [0, 0.1) is 5.92 Å². The maximum atomic E-state index is 12.6. The van der Waals surface area contributed by atoms with Crippen LogP contribution in [0.15, 0.2) is 53.1 Å². The van der Waals surface area contributed by atoms with Crippen molar-refractivity contribution in [3.63, 3.8) is 0 Å². The highest BCUT2D eigenvalue weighted by Crippen LogP contribution is 2.32. The number of carbonyl (C=O) groups excluding carboxylic acids is 1. The van der Waals surface area contributed by atoms with E-state index in [2.05, 4.69) is 33.0 Å². The maximum Gasteiger partial charge on any atom is 0.272 e. The van der Waals surface area contributed by atoms with Crippen molar-refractivity contribution in [3.05, 3.63) is 64.4 Å². The lowest BCUT2D eigenvalue weighted by atomic mass is 9.89. The van der Waals surface area contributed by atoms with Gasteiger partial charge in [0.05, 0.1) is 0 Å². The summed E-state index contributed by atoms with van der Waals surface area (Å²) in [5.41, 5.74) is 7.65. The van der Waals surface area contributed by atoms with Gasteiger partial charge in [0, 0.05) is 29.7 Å². The molecule has 1 aromatic carbocycles.